The maximum Gasteiger partial charge on any atom is 0.416 e. The van der Waals surface area contributed by atoms with E-state index < -0.39 is 24.3 Å². The van der Waals surface area contributed by atoms with Gasteiger partial charge in [0, 0.05) is 7.11 Å². The van der Waals surface area contributed by atoms with Crippen molar-refractivity contribution in [2.45, 2.75) is 6.18 Å². The molecule has 0 bridgehead atoms. The summed E-state index contributed by atoms with van der Waals surface area (Å²) in [5, 5.41) is 2.68. The first-order valence-corrected chi connectivity index (χ1v) is 8.19. The molecule has 2 aromatic rings. The van der Waals surface area contributed by atoms with Gasteiger partial charge in [-0.1, -0.05) is 23.7 Å². The van der Waals surface area contributed by atoms with Gasteiger partial charge >= 0.3 is 6.18 Å². The normalized spacial score (nSPS) is 11.1. The Morgan fingerprint density at radius 2 is 1.81 bits per heavy atom. The van der Waals surface area contributed by atoms with Crippen molar-refractivity contribution in [2.24, 2.45) is 0 Å². The fraction of sp³-hybridized carbons (Fsp3) is 0.278. The second-order valence-electron chi connectivity index (χ2n) is 5.32. The average Bonchev–Trinajstić information content (AvgIpc) is 2.61. The number of carbonyl (C=O) groups excluding carboxylic acids is 1. The van der Waals surface area contributed by atoms with Gasteiger partial charge in [-0.05, 0) is 30.3 Å². The Morgan fingerprint density at radius 3 is 2.48 bits per heavy atom. The van der Waals surface area contributed by atoms with E-state index in [1.54, 1.807) is 24.3 Å². The molecule has 0 aliphatic heterocycles. The largest absolute Gasteiger partial charge is 0.489 e. The van der Waals surface area contributed by atoms with E-state index in [0.717, 1.165) is 18.2 Å². The summed E-state index contributed by atoms with van der Waals surface area (Å²) in [5.41, 5.74) is -1.03. The second-order valence-corrected chi connectivity index (χ2v) is 5.72. The van der Waals surface area contributed by atoms with Gasteiger partial charge in [0.25, 0.3) is 5.91 Å². The number of nitrogens with one attached hydrogen (secondary N) is 1. The summed E-state index contributed by atoms with van der Waals surface area (Å²) >= 11 is 5.92. The molecule has 5 nitrogen and oxygen atoms in total. The lowest BCUT2D eigenvalue weighted by Crippen LogP contribution is -2.21. The number of alkyl halides is 3. The number of para-hydroxylation sites is 1. The van der Waals surface area contributed by atoms with Crippen molar-refractivity contribution in [2.75, 3.05) is 32.2 Å². The van der Waals surface area contributed by atoms with Crippen LogP contribution in [0.2, 0.25) is 5.02 Å². The molecule has 146 valence electrons. The van der Waals surface area contributed by atoms with E-state index in [2.05, 4.69) is 5.32 Å². The molecule has 0 unspecified atom stereocenters. The first-order valence-electron chi connectivity index (χ1n) is 7.81. The molecule has 27 heavy (non-hydrogen) atoms. The fourth-order valence-electron chi connectivity index (χ4n) is 2.06. The molecule has 2 rings (SSSR count). The molecule has 0 aliphatic carbocycles. The van der Waals surface area contributed by atoms with Crippen molar-refractivity contribution in [1.29, 1.82) is 0 Å². The second kappa shape index (κ2) is 9.48. The minimum Gasteiger partial charge on any atom is -0.489 e. The number of benzene rings is 2. The molecular weight excluding hydrogens is 387 g/mol. The van der Waals surface area contributed by atoms with Crippen LogP contribution in [0.25, 0.3) is 0 Å². The summed E-state index contributed by atoms with van der Waals surface area (Å²) in [6.45, 7) is -0.0810. The molecule has 0 saturated heterocycles. The number of hydrogen-bond acceptors (Lipinski definition) is 4. The van der Waals surface area contributed by atoms with Crippen LogP contribution in [0.15, 0.2) is 42.5 Å². The minimum atomic E-state index is -4.56. The summed E-state index contributed by atoms with van der Waals surface area (Å²) in [5.74, 6) is -0.285. The van der Waals surface area contributed by atoms with E-state index >= 15 is 0 Å². The Balaban J connectivity index is 2.11. The molecule has 0 heterocycles. The lowest BCUT2D eigenvalue weighted by molar-refractivity contribution is -0.137. The summed E-state index contributed by atoms with van der Waals surface area (Å²) in [4.78, 5) is 12.1. The van der Waals surface area contributed by atoms with Crippen molar-refractivity contribution >= 4 is 23.2 Å². The zero-order valence-electron chi connectivity index (χ0n) is 14.3. The van der Waals surface area contributed by atoms with Crippen LogP contribution in [-0.2, 0) is 15.7 Å². The summed E-state index contributed by atoms with van der Waals surface area (Å²) < 4.78 is 54.3. The zero-order chi connectivity index (χ0) is 19.9. The molecule has 0 atom stereocenters. The third-order valence-corrected chi connectivity index (χ3v) is 3.63. The van der Waals surface area contributed by atoms with Crippen LogP contribution in [0.5, 0.6) is 11.5 Å². The van der Waals surface area contributed by atoms with Gasteiger partial charge < -0.3 is 19.5 Å². The monoisotopic (exact) mass is 403 g/mol. The van der Waals surface area contributed by atoms with Crippen LogP contribution < -0.4 is 14.8 Å². The van der Waals surface area contributed by atoms with Crippen molar-refractivity contribution < 1.29 is 32.2 Å². The maximum absolute atomic E-state index is 12.9. The number of hydrogen-bond donors (Lipinski definition) is 1. The average molecular weight is 404 g/mol. The highest BCUT2D eigenvalue weighted by atomic mass is 35.5. The molecule has 0 saturated carbocycles. The van der Waals surface area contributed by atoms with Crippen molar-refractivity contribution in [1.82, 2.24) is 0 Å². The molecule has 1 amide bonds. The van der Waals surface area contributed by atoms with Gasteiger partial charge in [0.05, 0.1) is 22.9 Å². The predicted octanol–water partition coefficient (Wildman–Crippen LogP) is 4.40. The van der Waals surface area contributed by atoms with E-state index in [1.807, 2.05) is 0 Å². The molecular formula is C18H17ClF3NO4. The molecule has 0 radical (unpaired) electrons. The standard InChI is InChI=1S/C18H17ClF3NO4/c1-25-8-9-26-16-7-6-12(18(20,21)22)10-14(16)23-17(24)11-27-15-5-3-2-4-13(15)19/h2-7,10H,8-9,11H2,1H3,(H,23,24). The Labute approximate surface area is 159 Å². The number of anilines is 1. The van der Waals surface area contributed by atoms with Gasteiger partial charge in [0.1, 0.15) is 18.1 Å². The van der Waals surface area contributed by atoms with Crippen molar-refractivity contribution in [3.63, 3.8) is 0 Å². The first kappa shape index (κ1) is 20.9. The summed E-state index contributed by atoms with van der Waals surface area (Å²) in [7, 11) is 1.46. The zero-order valence-corrected chi connectivity index (χ0v) is 15.1. The molecule has 2 aromatic carbocycles. The summed E-state index contributed by atoms with van der Waals surface area (Å²) in [6.07, 6.45) is -4.56. The number of carbonyl (C=O) groups is 1. The quantitative estimate of drug-likeness (QED) is 0.664. The molecule has 0 aromatic heterocycles. The topological polar surface area (TPSA) is 56.8 Å². The van der Waals surface area contributed by atoms with Crippen LogP contribution in [-0.4, -0.2) is 32.8 Å². The van der Waals surface area contributed by atoms with Crippen LogP contribution in [0.4, 0.5) is 18.9 Å². The Hall–Kier alpha value is -2.45. The van der Waals surface area contributed by atoms with E-state index in [0.29, 0.717) is 5.02 Å². The van der Waals surface area contributed by atoms with E-state index in [-0.39, 0.29) is 30.4 Å². The molecule has 9 heteroatoms. The van der Waals surface area contributed by atoms with Gasteiger partial charge in [-0.15, -0.1) is 0 Å². The van der Waals surface area contributed by atoms with Gasteiger partial charge in [-0.25, -0.2) is 0 Å². The maximum atomic E-state index is 12.9. The minimum absolute atomic E-state index is 0.0890. The first-order chi connectivity index (χ1) is 12.8. The SMILES string of the molecule is COCCOc1ccc(C(F)(F)F)cc1NC(=O)COc1ccccc1Cl. The Morgan fingerprint density at radius 1 is 1.07 bits per heavy atom. The van der Waals surface area contributed by atoms with Crippen LogP contribution >= 0.6 is 11.6 Å². The molecule has 0 fully saturated rings. The van der Waals surface area contributed by atoms with Crippen LogP contribution in [0.1, 0.15) is 5.56 Å². The predicted molar refractivity (Wildman–Crippen MR) is 94.4 cm³/mol. The van der Waals surface area contributed by atoms with Gasteiger partial charge in [-0.3, -0.25) is 4.79 Å². The number of methoxy groups -OCH3 is 1. The van der Waals surface area contributed by atoms with Gasteiger partial charge in [0.15, 0.2) is 6.61 Å². The molecule has 1 N–H and O–H groups in total. The Kier molecular flexibility index (Phi) is 7.32. The number of halogens is 4. The van der Waals surface area contributed by atoms with Crippen LogP contribution in [0.3, 0.4) is 0 Å². The van der Waals surface area contributed by atoms with Crippen molar-refractivity contribution in [3.05, 3.63) is 53.1 Å². The number of rotatable bonds is 8. The highest BCUT2D eigenvalue weighted by Gasteiger charge is 2.31. The molecule has 0 aliphatic rings. The smallest absolute Gasteiger partial charge is 0.416 e. The molecule has 0 spiro atoms. The highest BCUT2D eigenvalue weighted by molar-refractivity contribution is 6.32. The third kappa shape index (κ3) is 6.33. The van der Waals surface area contributed by atoms with Crippen LogP contribution in [0, 0.1) is 0 Å². The Bertz CT molecular complexity index is 783. The fourth-order valence-corrected chi connectivity index (χ4v) is 2.25. The highest BCUT2D eigenvalue weighted by Crippen LogP contribution is 2.35. The lowest BCUT2D eigenvalue weighted by Gasteiger charge is -2.15. The number of ether oxygens (including phenoxy) is 3. The van der Waals surface area contributed by atoms with E-state index in [4.69, 9.17) is 25.8 Å². The summed E-state index contributed by atoms with van der Waals surface area (Å²) in [6, 6.07) is 9.34. The van der Waals surface area contributed by atoms with E-state index in [1.165, 1.54) is 7.11 Å². The van der Waals surface area contributed by atoms with Gasteiger partial charge in [0.2, 0.25) is 0 Å². The third-order valence-electron chi connectivity index (χ3n) is 3.32. The lowest BCUT2D eigenvalue weighted by atomic mass is 10.1. The number of amides is 1. The van der Waals surface area contributed by atoms with E-state index in [9.17, 15) is 18.0 Å². The van der Waals surface area contributed by atoms with Crippen molar-refractivity contribution in [3.8, 4) is 11.5 Å². The van der Waals surface area contributed by atoms with Gasteiger partial charge in [-0.2, -0.15) is 13.2 Å².